The van der Waals surface area contributed by atoms with Gasteiger partial charge in [0, 0.05) is 12.7 Å². The molecule has 1 N–H and O–H groups in total. The molecule has 0 aliphatic rings. The van der Waals surface area contributed by atoms with E-state index in [9.17, 15) is 9.18 Å². The molecule has 102 valence electrons. The Morgan fingerprint density at radius 1 is 1.53 bits per heavy atom. The zero-order valence-electron chi connectivity index (χ0n) is 10.7. The topological polar surface area (TPSA) is 47.6 Å². The molecule has 0 aliphatic heterocycles. The maximum absolute atomic E-state index is 13.2. The molecule has 0 atom stereocenters. The first-order chi connectivity index (χ1) is 9.17. The van der Waals surface area contributed by atoms with Crippen LogP contribution in [0.25, 0.3) is 0 Å². The zero-order chi connectivity index (χ0) is 14.1. The number of anilines is 1. The average Bonchev–Trinajstić information content (AvgIpc) is 2.38. The summed E-state index contributed by atoms with van der Waals surface area (Å²) < 4.78 is 23.4. The number of halogens is 1. The van der Waals surface area contributed by atoms with Gasteiger partial charge in [-0.15, -0.1) is 6.42 Å². The van der Waals surface area contributed by atoms with Gasteiger partial charge in [-0.05, 0) is 19.1 Å². The van der Waals surface area contributed by atoms with Gasteiger partial charge in [-0.25, -0.2) is 4.39 Å². The van der Waals surface area contributed by atoms with E-state index in [1.807, 2.05) is 6.92 Å². The van der Waals surface area contributed by atoms with Crippen LogP contribution >= 0.6 is 0 Å². The summed E-state index contributed by atoms with van der Waals surface area (Å²) in [5.74, 6) is 1.90. The van der Waals surface area contributed by atoms with Gasteiger partial charge >= 0.3 is 0 Å². The molecule has 0 spiro atoms. The van der Waals surface area contributed by atoms with Gasteiger partial charge in [0.2, 0.25) is 5.91 Å². The molecule has 0 radical (unpaired) electrons. The second kappa shape index (κ2) is 8.11. The lowest BCUT2D eigenvalue weighted by molar-refractivity contribution is -0.117. The third-order valence-electron chi connectivity index (χ3n) is 2.20. The van der Waals surface area contributed by atoms with Gasteiger partial charge in [-0.2, -0.15) is 0 Å². The van der Waals surface area contributed by atoms with Crippen LogP contribution in [0.4, 0.5) is 10.1 Å². The van der Waals surface area contributed by atoms with Gasteiger partial charge < -0.3 is 14.8 Å². The van der Waals surface area contributed by atoms with Crippen molar-refractivity contribution in [3.8, 4) is 18.1 Å². The number of amides is 1. The third kappa shape index (κ3) is 5.40. The van der Waals surface area contributed by atoms with Crippen molar-refractivity contribution in [2.45, 2.75) is 13.3 Å². The highest BCUT2D eigenvalue weighted by Gasteiger charge is 2.09. The van der Waals surface area contributed by atoms with Crippen LogP contribution in [0.15, 0.2) is 18.2 Å². The fraction of sp³-hybridized carbons (Fsp3) is 0.357. The molecule has 5 heteroatoms. The smallest absolute Gasteiger partial charge is 0.226 e. The van der Waals surface area contributed by atoms with Crippen LogP contribution in [0.1, 0.15) is 13.3 Å². The van der Waals surface area contributed by atoms with Crippen LogP contribution in [-0.4, -0.2) is 25.7 Å². The molecule has 0 fully saturated rings. The summed E-state index contributed by atoms with van der Waals surface area (Å²) in [6.45, 7) is 2.76. The van der Waals surface area contributed by atoms with Gasteiger partial charge in [0.15, 0.2) is 0 Å². The van der Waals surface area contributed by atoms with Crippen molar-refractivity contribution >= 4 is 11.6 Å². The molecular formula is C14H16FNO3. The van der Waals surface area contributed by atoms with Crippen molar-refractivity contribution in [3.05, 3.63) is 24.0 Å². The minimum absolute atomic E-state index is 0.0491. The van der Waals surface area contributed by atoms with E-state index < -0.39 is 5.82 Å². The normalized spacial score (nSPS) is 9.74. The first-order valence-corrected chi connectivity index (χ1v) is 5.90. The molecule has 0 bridgehead atoms. The number of hydrogen-bond donors (Lipinski definition) is 1. The Labute approximate surface area is 111 Å². The van der Waals surface area contributed by atoms with Gasteiger partial charge in [-0.3, -0.25) is 4.79 Å². The Morgan fingerprint density at radius 2 is 2.32 bits per heavy atom. The van der Waals surface area contributed by atoms with E-state index in [1.54, 1.807) is 0 Å². The molecule has 1 rings (SSSR count). The number of terminal acetylenes is 1. The Morgan fingerprint density at radius 3 is 3.00 bits per heavy atom. The Balaban J connectivity index is 2.67. The van der Waals surface area contributed by atoms with E-state index >= 15 is 0 Å². The Bertz CT molecular complexity index is 468. The Hall–Kier alpha value is -2.06. The fourth-order valence-corrected chi connectivity index (χ4v) is 1.37. The highest BCUT2D eigenvalue weighted by molar-refractivity contribution is 5.92. The Kier molecular flexibility index (Phi) is 6.41. The summed E-state index contributed by atoms with van der Waals surface area (Å²) in [6, 6.07) is 3.84. The van der Waals surface area contributed by atoms with Crippen molar-refractivity contribution in [3.63, 3.8) is 0 Å². The van der Waals surface area contributed by atoms with E-state index in [4.69, 9.17) is 15.9 Å². The van der Waals surface area contributed by atoms with E-state index in [-0.39, 0.29) is 24.6 Å². The summed E-state index contributed by atoms with van der Waals surface area (Å²) in [7, 11) is 0. The SMILES string of the molecule is C#CCOc1ccc(F)cc1NC(=O)CCOCC. The van der Waals surface area contributed by atoms with Crippen LogP contribution in [0, 0.1) is 18.2 Å². The molecule has 0 saturated carbocycles. The molecule has 19 heavy (non-hydrogen) atoms. The number of nitrogens with one attached hydrogen (secondary N) is 1. The summed E-state index contributed by atoms with van der Waals surface area (Å²) in [5, 5.41) is 2.57. The van der Waals surface area contributed by atoms with Gasteiger partial charge in [0.25, 0.3) is 0 Å². The van der Waals surface area contributed by atoms with Crippen LogP contribution in [0.2, 0.25) is 0 Å². The number of ether oxygens (including phenoxy) is 2. The largest absolute Gasteiger partial charge is 0.479 e. The van der Waals surface area contributed by atoms with E-state index in [0.29, 0.717) is 19.0 Å². The van der Waals surface area contributed by atoms with Crippen molar-refractivity contribution in [1.82, 2.24) is 0 Å². The highest BCUT2D eigenvalue weighted by atomic mass is 19.1. The highest BCUT2D eigenvalue weighted by Crippen LogP contribution is 2.25. The zero-order valence-corrected chi connectivity index (χ0v) is 10.7. The molecule has 1 aromatic carbocycles. The van der Waals surface area contributed by atoms with Gasteiger partial charge in [0.1, 0.15) is 18.2 Å². The van der Waals surface area contributed by atoms with Crippen LogP contribution < -0.4 is 10.1 Å². The summed E-state index contributed by atoms with van der Waals surface area (Å²) in [5.41, 5.74) is 0.261. The third-order valence-corrected chi connectivity index (χ3v) is 2.20. The quantitative estimate of drug-likeness (QED) is 0.607. The number of hydrogen-bond acceptors (Lipinski definition) is 3. The molecule has 0 aromatic heterocycles. The van der Waals surface area contributed by atoms with Gasteiger partial charge in [0.05, 0.1) is 18.7 Å². The van der Waals surface area contributed by atoms with E-state index in [0.717, 1.165) is 0 Å². The maximum Gasteiger partial charge on any atom is 0.226 e. The first-order valence-electron chi connectivity index (χ1n) is 5.90. The molecule has 1 aromatic rings. The molecule has 0 heterocycles. The van der Waals surface area contributed by atoms with Crippen molar-refractivity contribution < 1.29 is 18.7 Å². The lowest BCUT2D eigenvalue weighted by atomic mass is 10.2. The van der Waals surface area contributed by atoms with Crippen molar-refractivity contribution in [2.24, 2.45) is 0 Å². The van der Waals surface area contributed by atoms with Crippen LogP contribution in [-0.2, 0) is 9.53 Å². The minimum atomic E-state index is -0.465. The summed E-state index contributed by atoms with van der Waals surface area (Å²) >= 11 is 0. The molecule has 0 unspecified atom stereocenters. The molecule has 0 saturated heterocycles. The molecule has 4 nitrogen and oxygen atoms in total. The lowest BCUT2D eigenvalue weighted by Gasteiger charge is -2.11. The lowest BCUT2D eigenvalue weighted by Crippen LogP contribution is -2.15. The predicted octanol–water partition coefficient (Wildman–Crippen LogP) is 2.20. The number of benzene rings is 1. The van der Waals surface area contributed by atoms with E-state index in [1.165, 1.54) is 18.2 Å². The van der Waals surface area contributed by atoms with E-state index in [2.05, 4.69) is 11.2 Å². The molecular weight excluding hydrogens is 249 g/mol. The predicted molar refractivity (Wildman–Crippen MR) is 70.5 cm³/mol. The summed E-state index contributed by atoms with van der Waals surface area (Å²) in [4.78, 5) is 11.6. The second-order valence-electron chi connectivity index (χ2n) is 3.63. The van der Waals surface area contributed by atoms with Gasteiger partial charge in [-0.1, -0.05) is 5.92 Å². The standard InChI is InChI=1S/C14H16FNO3/c1-3-8-19-13-6-5-11(15)10-12(13)16-14(17)7-9-18-4-2/h1,5-6,10H,4,7-9H2,2H3,(H,16,17). The minimum Gasteiger partial charge on any atom is -0.479 e. The van der Waals surface area contributed by atoms with Crippen LogP contribution in [0.5, 0.6) is 5.75 Å². The van der Waals surface area contributed by atoms with Crippen LogP contribution in [0.3, 0.4) is 0 Å². The number of carbonyl (C=O) groups is 1. The molecule has 1 amide bonds. The average molecular weight is 265 g/mol. The second-order valence-corrected chi connectivity index (χ2v) is 3.63. The summed E-state index contributed by atoms with van der Waals surface area (Å²) in [6.07, 6.45) is 5.28. The van der Waals surface area contributed by atoms with Crippen molar-refractivity contribution in [2.75, 3.05) is 25.1 Å². The first kappa shape index (κ1) is 15.0. The fourth-order valence-electron chi connectivity index (χ4n) is 1.37. The number of carbonyl (C=O) groups excluding carboxylic acids is 1. The van der Waals surface area contributed by atoms with Crippen molar-refractivity contribution in [1.29, 1.82) is 0 Å². The number of rotatable bonds is 7. The monoisotopic (exact) mass is 265 g/mol. The maximum atomic E-state index is 13.2. The molecule has 0 aliphatic carbocycles.